The molecule has 1 nitrogen and oxygen atoms in total. The third-order valence-electron chi connectivity index (χ3n) is 1.98. The van der Waals surface area contributed by atoms with Crippen molar-refractivity contribution >= 4 is 11.6 Å². The number of rotatable bonds is 0. The van der Waals surface area contributed by atoms with Crippen LogP contribution in [0, 0.1) is 17.8 Å². The third-order valence-corrected chi connectivity index (χ3v) is 2.28. The fourth-order valence-electron chi connectivity index (χ4n) is 1.02. The van der Waals surface area contributed by atoms with Gasteiger partial charge in [0.15, 0.2) is 0 Å². The number of aromatic hydroxyl groups is 1. The molecule has 1 aliphatic rings. The minimum atomic E-state index is 0.0947. The second kappa shape index (κ2) is 3.32. The molecule has 2 rings (SSSR count). The molecule has 0 spiro atoms. The molecule has 66 valence electrons. The molecule has 0 bridgehead atoms. The van der Waals surface area contributed by atoms with E-state index < -0.39 is 0 Å². The predicted molar refractivity (Wildman–Crippen MR) is 52.7 cm³/mol. The lowest BCUT2D eigenvalue weighted by atomic mass is 10.2. The molecule has 0 atom stereocenters. The van der Waals surface area contributed by atoms with Crippen molar-refractivity contribution in [1.29, 1.82) is 0 Å². The van der Waals surface area contributed by atoms with Crippen LogP contribution in [-0.4, -0.2) is 5.11 Å². The number of phenolic OH excluding ortho intramolecular Hbond substituents is 1. The Morgan fingerprint density at radius 2 is 2.15 bits per heavy atom. The van der Waals surface area contributed by atoms with E-state index in [9.17, 15) is 5.11 Å². The SMILES string of the molecule is Oc1c(Cl)cccc1C#CC1CC1. The van der Waals surface area contributed by atoms with Gasteiger partial charge in [-0.3, -0.25) is 0 Å². The monoisotopic (exact) mass is 192 g/mol. The summed E-state index contributed by atoms with van der Waals surface area (Å²) in [5.41, 5.74) is 0.624. The Morgan fingerprint density at radius 1 is 1.38 bits per heavy atom. The van der Waals surface area contributed by atoms with Crippen LogP contribution in [0.4, 0.5) is 0 Å². The molecular weight excluding hydrogens is 184 g/mol. The summed E-state index contributed by atoms with van der Waals surface area (Å²) in [5, 5.41) is 9.86. The molecular formula is C11H9ClO. The van der Waals surface area contributed by atoms with Crippen molar-refractivity contribution in [1.82, 2.24) is 0 Å². The first-order chi connectivity index (χ1) is 6.27. The molecule has 1 aromatic rings. The molecule has 0 saturated heterocycles. The van der Waals surface area contributed by atoms with Gasteiger partial charge >= 0.3 is 0 Å². The summed E-state index contributed by atoms with van der Waals surface area (Å²) >= 11 is 5.73. The van der Waals surface area contributed by atoms with E-state index in [0.717, 1.165) is 0 Å². The first-order valence-electron chi connectivity index (χ1n) is 4.26. The summed E-state index contributed by atoms with van der Waals surface area (Å²) in [4.78, 5) is 0. The van der Waals surface area contributed by atoms with Crippen molar-refractivity contribution in [2.45, 2.75) is 12.8 Å². The number of hydrogen-bond acceptors (Lipinski definition) is 1. The molecule has 0 radical (unpaired) electrons. The molecule has 1 aromatic carbocycles. The fourth-order valence-corrected chi connectivity index (χ4v) is 1.20. The van der Waals surface area contributed by atoms with E-state index in [1.165, 1.54) is 12.8 Å². The van der Waals surface area contributed by atoms with Crippen molar-refractivity contribution in [2.75, 3.05) is 0 Å². The smallest absolute Gasteiger partial charge is 0.149 e. The first-order valence-corrected chi connectivity index (χ1v) is 4.64. The Balaban J connectivity index is 2.30. The van der Waals surface area contributed by atoms with Gasteiger partial charge in [0.1, 0.15) is 5.75 Å². The van der Waals surface area contributed by atoms with Gasteiger partial charge in [-0.05, 0) is 25.0 Å². The minimum Gasteiger partial charge on any atom is -0.505 e. The van der Waals surface area contributed by atoms with Crippen molar-refractivity contribution < 1.29 is 5.11 Å². The maximum Gasteiger partial charge on any atom is 0.149 e. The molecule has 1 aliphatic carbocycles. The van der Waals surface area contributed by atoms with Crippen LogP contribution in [0.25, 0.3) is 0 Å². The second-order valence-electron chi connectivity index (χ2n) is 3.18. The molecule has 0 aliphatic heterocycles. The van der Waals surface area contributed by atoms with Crippen LogP contribution in [0.3, 0.4) is 0 Å². The summed E-state index contributed by atoms with van der Waals surface area (Å²) in [7, 11) is 0. The van der Waals surface area contributed by atoms with Crippen LogP contribution in [0.5, 0.6) is 5.75 Å². The molecule has 0 amide bonds. The highest BCUT2D eigenvalue weighted by Crippen LogP contribution is 2.29. The lowest BCUT2D eigenvalue weighted by Gasteiger charge is -1.97. The average Bonchev–Trinajstić information content (AvgIpc) is 2.91. The Labute approximate surface area is 82.3 Å². The maximum absolute atomic E-state index is 9.50. The van der Waals surface area contributed by atoms with Gasteiger partial charge in [-0.15, -0.1) is 0 Å². The van der Waals surface area contributed by atoms with Crippen LogP contribution < -0.4 is 0 Å². The first kappa shape index (κ1) is 8.47. The summed E-state index contributed by atoms with van der Waals surface area (Å²) in [6.07, 6.45) is 2.38. The predicted octanol–water partition coefficient (Wildman–Crippen LogP) is 2.81. The average molecular weight is 193 g/mol. The highest BCUT2D eigenvalue weighted by atomic mass is 35.5. The third kappa shape index (κ3) is 1.96. The zero-order valence-electron chi connectivity index (χ0n) is 7.05. The fraction of sp³-hybridized carbons (Fsp3) is 0.273. The van der Waals surface area contributed by atoms with E-state index in [-0.39, 0.29) is 5.75 Å². The Hall–Kier alpha value is -1.13. The standard InChI is InChI=1S/C11H9ClO/c12-10-3-1-2-9(11(10)13)7-6-8-4-5-8/h1-3,8,13H,4-5H2. The Bertz CT molecular complexity index is 383. The van der Waals surface area contributed by atoms with Crippen molar-refractivity contribution in [3.63, 3.8) is 0 Å². The quantitative estimate of drug-likeness (QED) is 0.627. The topological polar surface area (TPSA) is 20.2 Å². The number of benzene rings is 1. The molecule has 13 heavy (non-hydrogen) atoms. The largest absolute Gasteiger partial charge is 0.505 e. The van der Waals surface area contributed by atoms with E-state index in [1.807, 2.05) is 0 Å². The van der Waals surface area contributed by atoms with Crippen molar-refractivity contribution in [3.8, 4) is 17.6 Å². The maximum atomic E-state index is 9.50. The zero-order chi connectivity index (χ0) is 9.26. The van der Waals surface area contributed by atoms with E-state index in [4.69, 9.17) is 11.6 Å². The number of para-hydroxylation sites is 1. The van der Waals surface area contributed by atoms with Gasteiger partial charge in [-0.2, -0.15) is 0 Å². The van der Waals surface area contributed by atoms with Crippen LogP contribution in [-0.2, 0) is 0 Å². The van der Waals surface area contributed by atoms with Crippen LogP contribution >= 0.6 is 11.6 Å². The van der Waals surface area contributed by atoms with Crippen LogP contribution in [0.15, 0.2) is 18.2 Å². The van der Waals surface area contributed by atoms with Gasteiger partial charge in [0.25, 0.3) is 0 Å². The highest BCUT2D eigenvalue weighted by molar-refractivity contribution is 6.32. The molecule has 0 aromatic heterocycles. The molecule has 1 fully saturated rings. The summed E-state index contributed by atoms with van der Waals surface area (Å²) < 4.78 is 0. The summed E-state index contributed by atoms with van der Waals surface area (Å²) in [5.74, 6) is 6.64. The van der Waals surface area contributed by atoms with Gasteiger partial charge in [-0.25, -0.2) is 0 Å². The molecule has 2 heteroatoms. The normalized spacial score (nSPS) is 14.8. The second-order valence-corrected chi connectivity index (χ2v) is 3.59. The zero-order valence-corrected chi connectivity index (χ0v) is 7.80. The van der Waals surface area contributed by atoms with Crippen LogP contribution in [0.2, 0.25) is 5.02 Å². The van der Waals surface area contributed by atoms with E-state index in [1.54, 1.807) is 18.2 Å². The lowest BCUT2D eigenvalue weighted by Crippen LogP contribution is -1.77. The number of phenols is 1. The van der Waals surface area contributed by atoms with Crippen LogP contribution in [0.1, 0.15) is 18.4 Å². The van der Waals surface area contributed by atoms with Crippen molar-refractivity contribution in [2.24, 2.45) is 5.92 Å². The van der Waals surface area contributed by atoms with Gasteiger partial charge in [0, 0.05) is 5.92 Å². The molecule has 0 unspecified atom stereocenters. The number of hydrogen-bond donors (Lipinski definition) is 1. The molecule has 1 saturated carbocycles. The molecule has 0 heterocycles. The van der Waals surface area contributed by atoms with E-state index in [2.05, 4.69) is 11.8 Å². The summed E-state index contributed by atoms with van der Waals surface area (Å²) in [6, 6.07) is 5.22. The van der Waals surface area contributed by atoms with Gasteiger partial charge in [0.2, 0.25) is 0 Å². The minimum absolute atomic E-state index is 0.0947. The van der Waals surface area contributed by atoms with Gasteiger partial charge < -0.3 is 5.11 Å². The molecule has 1 N–H and O–H groups in total. The summed E-state index contributed by atoms with van der Waals surface area (Å²) in [6.45, 7) is 0. The lowest BCUT2D eigenvalue weighted by molar-refractivity contribution is 0.474. The van der Waals surface area contributed by atoms with Gasteiger partial charge in [-0.1, -0.05) is 29.5 Å². The van der Waals surface area contributed by atoms with Gasteiger partial charge in [0.05, 0.1) is 10.6 Å². The number of halogens is 1. The van der Waals surface area contributed by atoms with E-state index in [0.29, 0.717) is 16.5 Å². The van der Waals surface area contributed by atoms with Crippen molar-refractivity contribution in [3.05, 3.63) is 28.8 Å². The Kier molecular flexibility index (Phi) is 2.16. The highest BCUT2D eigenvalue weighted by Gasteiger charge is 2.17. The Morgan fingerprint density at radius 3 is 2.85 bits per heavy atom. The van der Waals surface area contributed by atoms with E-state index >= 15 is 0 Å².